The second-order valence-electron chi connectivity index (χ2n) is 5.81. The van der Waals surface area contributed by atoms with Crippen LogP contribution in [0.3, 0.4) is 0 Å². The van der Waals surface area contributed by atoms with E-state index in [1.165, 1.54) is 4.90 Å². The van der Waals surface area contributed by atoms with Gasteiger partial charge in [0.25, 0.3) is 0 Å². The minimum absolute atomic E-state index is 0.00729. The quantitative estimate of drug-likeness (QED) is 0.707. The smallest absolute Gasteiger partial charge is 0.242 e. The molecule has 1 atom stereocenters. The number of nitrogens with zero attached hydrogens (tertiary/aromatic N) is 2. The highest BCUT2D eigenvalue weighted by molar-refractivity contribution is 7.91. The van der Waals surface area contributed by atoms with Gasteiger partial charge in [0.2, 0.25) is 11.8 Å². The third kappa shape index (κ3) is 4.67. The number of rotatable bonds is 4. The molecule has 2 aliphatic rings. The van der Waals surface area contributed by atoms with Crippen LogP contribution in [0.5, 0.6) is 0 Å². The van der Waals surface area contributed by atoms with E-state index in [9.17, 15) is 18.0 Å². The topological polar surface area (TPSA) is 86.8 Å². The van der Waals surface area contributed by atoms with E-state index in [0.717, 1.165) is 25.9 Å². The molecule has 0 radical (unpaired) electrons. The number of carbonyl (C=O) groups excluding carboxylic acids is 2. The average molecular weight is 317 g/mol. The summed E-state index contributed by atoms with van der Waals surface area (Å²) in [5.41, 5.74) is 0. The first-order valence-electron chi connectivity index (χ1n) is 7.33. The van der Waals surface area contributed by atoms with Crippen molar-refractivity contribution in [3.8, 4) is 0 Å². The predicted octanol–water partition coefficient (Wildman–Crippen LogP) is -1.16. The van der Waals surface area contributed by atoms with Gasteiger partial charge in [0, 0.05) is 39.1 Å². The maximum absolute atomic E-state index is 12.1. The average Bonchev–Trinajstić information content (AvgIpc) is 2.91. The van der Waals surface area contributed by atoms with Crippen molar-refractivity contribution in [2.24, 2.45) is 0 Å². The summed E-state index contributed by atoms with van der Waals surface area (Å²) >= 11 is 0. The van der Waals surface area contributed by atoms with Gasteiger partial charge in [-0.3, -0.25) is 9.59 Å². The maximum atomic E-state index is 12.1. The Kier molecular flexibility index (Phi) is 5.21. The molecule has 2 heterocycles. The summed E-state index contributed by atoms with van der Waals surface area (Å²) in [4.78, 5) is 27.2. The fourth-order valence-corrected chi connectivity index (χ4v) is 4.17. The maximum Gasteiger partial charge on any atom is 0.242 e. The Hall–Kier alpha value is -1.15. The van der Waals surface area contributed by atoms with E-state index < -0.39 is 9.84 Å². The molecule has 2 rings (SSSR count). The van der Waals surface area contributed by atoms with Gasteiger partial charge < -0.3 is 15.1 Å². The summed E-state index contributed by atoms with van der Waals surface area (Å²) in [6.45, 7) is 1.99. The van der Waals surface area contributed by atoms with Crippen LogP contribution in [0.15, 0.2) is 0 Å². The fourth-order valence-electron chi connectivity index (χ4n) is 2.72. The number of sulfone groups is 1. The number of hydrogen-bond acceptors (Lipinski definition) is 5. The minimum atomic E-state index is -3.05. The Bertz CT molecular complexity index is 500. The van der Waals surface area contributed by atoms with Crippen LogP contribution in [-0.4, -0.2) is 80.8 Å². The van der Waals surface area contributed by atoms with Crippen LogP contribution in [0.2, 0.25) is 0 Å². The Balaban J connectivity index is 1.80. The van der Waals surface area contributed by atoms with Crippen LogP contribution in [0.1, 0.15) is 19.3 Å². The molecular formula is C13H23N3O4S. The fraction of sp³-hybridized carbons (Fsp3) is 0.846. The van der Waals surface area contributed by atoms with Gasteiger partial charge in [-0.1, -0.05) is 0 Å². The highest BCUT2D eigenvalue weighted by Gasteiger charge is 2.28. The first kappa shape index (κ1) is 16.2. The molecule has 21 heavy (non-hydrogen) atoms. The molecule has 0 spiro atoms. The van der Waals surface area contributed by atoms with Gasteiger partial charge in [0.05, 0.1) is 18.1 Å². The standard InChI is InChI=1S/C13H23N3O4S/c1-15(9-13(18)16-5-2-3-6-16)12(17)8-11-10-21(19,20)7-4-14-11/h11,14H,2-10H2,1H3. The lowest BCUT2D eigenvalue weighted by atomic mass is 10.2. The highest BCUT2D eigenvalue weighted by atomic mass is 32.2. The number of likely N-dealkylation sites (tertiary alicyclic amines) is 1. The molecule has 2 amide bonds. The third-order valence-electron chi connectivity index (χ3n) is 3.98. The van der Waals surface area contributed by atoms with E-state index in [-0.39, 0.29) is 42.3 Å². The van der Waals surface area contributed by atoms with Crippen LogP contribution in [0.4, 0.5) is 0 Å². The zero-order valence-electron chi connectivity index (χ0n) is 12.4. The molecule has 1 unspecified atom stereocenters. The predicted molar refractivity (Wildman–Crippen MR) is 78.5 cm³/mol. The van der Waals surface area contributed by atoms with Crippen molar-refractivity contribution in [2.75, 3.05) is 44.7 Å². The molecular weight excluding hydrogens is 294 g/mol. The molecule has 0 bridgehead atoms. The van der Waals surface area contributed by atoms with Gasteiger partial charge in [-0.15, -0.1) is 0 Å². The number of likely N-dealkylation sites (N-methyl/N-ethyl adjacent to an activating group) is 1. The molecule has 0 aromatic carbocycles. The molecule has 8 heteroatoms. The van der Waals surface area contributed by atoms with Crippen LogP contribution in [0, 0.1) is 0 Å². The lowest BCUT2D eigenvalue weighted by Gasteiger charge is -2.26. The SMILES string of the molecule is CN(CC(=O)N1CCCC1)C(=O)CC1CS(=O)(=O)CCN1. The normalized spacial score (nSPS) is 24.8. The number of hydrogen-bond donors (Lipinski definition) is 1. The molecule has 2 fully saturated rings. The van der Waals surface area contributed by atoms with Gasteiger partial charge in [0.15, 0.2) is 9.84 Å². The van der Waals surface area contributed by atoms with Gasteiger partial charge >= 0.3 is 0 Å². The molecule has 2 saturated heterocycles. The summed E-state index contributed by atoms with van der Waals surface area (Å²) in [6.07, 6.45) is 2.16. The molecule has 120 valence electrons. The van der Waals surface area contributed by atoms with E-state index in [1.807, 2.05) is 0 Å². The Morgan fingerprint density at radius 1 is 1.29 bits per heavy atom. The zero-order valence-corrected chi connectivity index (χ0v) is 13.2. The van der Waals surface area contributed by atoms with E-state index in [1.54, 1.807) is 11.9 Å². The van der Waals surface area contributed by atoms with E-state index in [2.05, 4.69) is 5.32 Å². The van der Waals surface area contributed by atoms with Crippen LogP contribution < -0.4 is 5.32 Å². The lowest BCUT2D eigenvalue weighted by Crippen LogP contribution is -2.48. The van der Waals surface area contributed by atoms with Crippen LogP contribution in [-0.2, 0) is 19.4 Å². The number of amides is 2. The monoisotopic (exact) mass is 317 g/mol. The van der Waals surface area contributed by atoms with Crippen molar-refractivity contribution < 1.29 is 18.0 Å². The molecule has 1 N–H and O–H groups in total. The molecule has 0 aromatic rings. The summed E-state index contributed by atoms with van der Waals surface area (Å²) in [7, 11) is -1.46. The zero-order chi connectivity index (χ0) is 15.5. The lowest BCUT2D eigenvalue weighted by molar-refractivity contribution is -0.139. The Labute approximate surface area is 125 Å². The van der Waals surface area contributed by atoms with Gasteiger partial charge in [0.1, 0.15) is 0 Å². The molecule has 2 aliphatic heterocycles. The minimum Gasteiger partial charge on any atom is -0.341 e. The molecule has 0 saturated carbocycles. The second-order valence-corrected chi connectivity index (χ2v) is 8.04. The van der Waals surface area contributed by atoms with E-state index >= 15 is 0 Å². The van der Waals surface area contributed by atoms with Gasteiger partial charge in [-0.25, -0.2) is 8.42 Å². The second kappa shape index (κ2) is 6.74. The highest BCUT2D eigenvalue weighted by Crippen LogP contribution is 2.09. The molecule has 7 nitrogen and oxygen atoms in total. The van der Waals surface area contributed by atoms with Crippen molar-refractivity contribution in [1.29, 1.82) is 0 Å². The largest absolute Gasteiger partial charge is 0.341 e. The summed E-state index contributed by atoms with van der Waals surface area (Å²) in [5, 5.41) is 3.05. The van der Waals surface area contributed by atoms with Crippen molar-refractivity contribution in [1.82, 2.24) is 15.1 Å². The van der Waals surface area contributed by atoms with Crippen LogP contribution in [0.25, 0.3) is 0 Å². The number of nitrogens with one attached hydrogen (secondary N) is 1. The van der Waals surface area contributed by atoms with Gasteiger partial charge in [-0.2, -0.15) is 0 Å². The van der Waals surface area contributed by atoms with E-state index in [4.69, 9.17) is 0 Å². The van der Waals surface area contributed by atoms with Gasteiger partial charge in [-0.05, 0) is 12.8 Å². The first-order valence-corrected chi connectivity index (χ1v) is 9.15. The van der Waals surface area contributed by atoms with Crippen molar-refractivity contribution >= 4 is 21.7 Å². The first-order chi connectivity index (χ1) is 9.87. The summed E-state index contributed by atoms with van der Waals surface area (Å²) in [5.74, 6) is -0.113. The molecule has 0 aromatic heterocycles. The molecule has 0 aliphatic carbocycles. The van der Waals surface area contributed by atoms with Crippen molar-refractivity contribution in [3.63, 3.8) is 0 Å². The summed E-state index contributed by atoms with van der Waals surface area (Å²) < 4.78 is 23.1. The number of carbonyl (C=O) groups is 2. The van der Waals surface area contributed by atoms with Crippen molar-refractivity contribution in [2.45, 2.75) is 25.3 Å². The van der Waals surface area contributed by atoms with Crippen LogP contribution >= 0.6 is 0 Å². The summed E-state index contributed by atoms with van der Waals surface area (Å²) in [6, 6.07) is -0.347. The Morgan fingerprint density at radius 3 is 2.57 bits per heavy atom. The Morgan fingerprint density at radius 2 is 1.95 bits per heavy atom. The van der Waals surface area contributed by atoms with E-state index in [0.29, 0.717) is 6.54 Å². The van der Waals surface area contributed by atoms with Crippen molar-refractivity contribution in [3.05, 3.63) is 0 Å². The third-order valence-corrected chi connectivity index (χ3v) is 5.72.